The van der Waals surface area contributed by atoms with Crippen LogP contribution in [0.2, 0.25) is 0 Å². The maximum absolute atomic E-state index is 12.8. The Balaban J connectivity index is 2.11. The lowest BCUT2D eigenvalue weighted by molar-refractivity contribution is -0.153. The molecule has 2 fully saturated rings. The van der Waals surface area contributed by atoms with E-state index in [1.807, 2.05) is 27.7 Å². The Kier molecular flexibility index (Phi) is 4.68. The van der Waals surface area contributed by atoms with Crippen LogP contribution >= 0.6 is 0 Å². The minimum absolute atomic E-state index is 0.0131. The third-order valence-corrected chi connectivity index (χ3v) is 4.22. The molecule has 5 heteroatoms. The van der Waals surface area contributed by atoms with Crippen LogP contribution in [0.4, 0.5) is 0 Å². The highest BCUT2D eigenvalue weighted by Gasteiger charge is 2.39. The molecule has 0 saturated carbocycles. The normalized spacial score (nSPS) is 35.0. The zero-order valence-corrected chi connectivity index (χ0v) is 12.9. The molecule has 5 nitrogen and oxygen atoms in total. The van der Waals surface area contributed by atoms with E-state index >= 15 is 0 Å². The molecule has 0 aromatic rings. The van der Waals surface area contributed by atoms with Gasteiger partial charge in [-0.3, -0.25) is 9.59 Å². The largest absolute Gasteiger partial charge is 0.376 e. The van der Waals surface area contributed by atoms with Crippen molar-refractivity contribution in [2.75, 3.05) is 13.1 Å². The molecule has 0 aromatic heterocycles. The first-order chi connectivity index (χ1) is 9.40. The lowest BCUT2D eigenvalue weighted by Gasteiger charge is -2.41. The van der Waals surface area contributed by atoms with Crippen molar-refractivity contribution in [3.05, 3.63) is 0 Å². The van der Waals surface area contributed by atoms with Gasteiger partial charge in [-0.15, -0.1) is 0 Å². The molecule has 2 aliphatic heterocycles. The third-order valence-electron chi connectivity index (χ3n) is 4.22. The molecule has 0 aliphatic carbocycles. The number of amides is 2. The molecule has 3 unspecified atom stereocenters. The van der Waals surface area contributed by atoms with Crippen LogP contribution in [0.5, 0.6) is 0 Å². The van der Waals surface area contributed by atoms with Crippen LogP contribution in [0, 0.1) is 11.8 Å². The number of carbonyl (C=O) groups excluding carboxylic acids is 2. The van der Waals surface area contributed by atoms with E-state index in [1.165, 1.54) is 0 Å². The standard InChI is InChI=1S/C15H26N2O3/c1-9(2)13-14(18)16-5-6-17(13)15(19)12-7-10(3)20-11(4)8-12/h9-13H,5-8H2,1-4H3,(H,16,18). The van der Waals surface area contributed by atoms with Gasteiger partial charge in [0.1, 0.15) is 6.04 Å². The van der Waals surface area contributed by atoms with Gasteiger partial charge < -0.3 is 15.0 Å². The number of ether oxygens (including phenoxy) is 1. The fraction of sp³-hybridized carbons (Fsp3) is 0.867. The van der Waals surface area contributed by atoms with Gasteiger partial charge in [0.25, 0.3) is 0 Å². The summed E-state index contributed by atoms with van der Waals surface area (Å²) < 4.78 is 5.70. The van der Waals surface area contributed by atoms with E-state index in [9.17, 15) is 9.59 Å². The molecule has 2 rings (SSSR count). The SMILES string of the molecule is CC1CC(C(=O)N2CCNC(=O)C2C(C)C)CC(C)O1. The molecule has 0 aromatic carbocycles. The van der Waals surface area contributed by atoms with Crippen LogP contribution in [0.3, 0.4) is 0 Å². The number of nitrogens with zero attached hydrogens (tertiary/aromatic N) is 1. The fourth-order valence-corrected chi connectivity index (χ4v) is 3.44. The molecule has 1 N–H and O–H groups in total. The summed E-state index contributed by atoms with van der Waals surface area (Å²) in [6, 6.07) is -0.329. The Hall–Kier alpha value is -1.10. The van der Waals surface area contributed by atoms with Gasteiger partial charge >= 0.3 is 0 Å². The minimum atomic E-state index is -0.329. The Labute approximate surface area is 121 Å². The molecular formula is C15H26N2O3. The van der Waals surface area contributed by atoms with Gasteiger partial charge in [-0.1, -0.05) is 13.8 Å². The van der Waals surface area contributed by atoms with Crippen LogP contribution in [-0.4, -0.2) is 48.1 Å². The van der Waals surface area contributed by atoms with Crippen LogP contribution in [-0.2, 0) is 14.3 Å². The van der Waals surface area contributed by atoms with E-state index in [4.69, 9.17) is 4.74 Å². The molecule has 0 bridgehead atoms. The number of rotatable bonds is 2. The van der Waals surface area contributed by atoms with Gasteiger partial charge in [-0.25, -0.2) is 0 Å². The van der Waals surface area contributed by atoms with Crippen molar-refractivity contribution in [2.45, 2.75) is 58.8 Å². The van der Waals surface area contributed by atoms with Gasteiger partial charge in [-0.05, 0) is 32.6 Å². The molecule has 2 heterocycles. The third kappa shape index (κ3) is 3.14. The topological polar surface area (TPSA) is 58.6 Å². The van der Waals surface area contributed by atoms with Gasteiger partial charge in [0.15, 0.2) is 0 Å². The number of hydrogen-bond donors (Lipinski definition) is 1. The maximum atomic E-state index is 12.8. The van der Waals surface area contributed by atoms with Crippen molar-refractivity contribution >= 4 is 11.8 Å². The molecule has 2 saturated heterocycles. The average Bonchev–Trinajstić information content (AvgIpc) is 2.35. The van der Waals surface area contributed by atoms with E-state index in [0.717, 1.165) is 12.8 Å². The molecule has 0 radical (unpaired) electrons. The number of nitrogens with one attached hydrogen (secondary N) is 1. The predicted octanol–water partition coefficient (Wildman–Crippen LogP) is 1.17. The van der Waals surface area contributed by atoms with E-state index < -0.39 is 0 Å². The smallest absolute Gasteiger partial charge is 0.243 e. The van der Waals surface area contributed by atoms with Crippen molar-refractivity contribution in [1.82, 2.24) is 10.2 Å². The van der Waals surface area contributed by atoms with Crippen LogP contribution < -0.4 is 5.32 Å². The molecule has 3 atom stereocenters. The molecular weight excluding hydrogens is 256 g/mol. The second kappa shape index (κ2) is 6.12. The molecule has 20 heavy (non-hydrogen) atoms. The fourth-order valence-electron chi connectivity index (χ4n) is 3.44. The van der Waals surface area contributed by atoms with E-state index in [0.29, 0.717) is 13.1 Å². The molecule has 0 spiro atoms. The second-order valence-corrected chi connectivity index (χ2v) is 6.44. The highest BCUT2D eigenvalue weighted by Crippen LogP contribution is 2.28. The van der Waals surface area contributed by atoms with Gasteiger partial charge in [0.2, 0.25) is 11.8 Å². The number of piperazine rings is 1. The highest BCUT2D eigenvalue weighted by atomic mass is 16.5. The summed E-state index contributed by atoms with van der Waals surface area (Å²) >= 11 is 0. The van der Waals surface area contributed by atoms with Gasteiger partial charge in [-0.2, -0.15) is 0 Å². The summed E-state index contributed by atoms with van der Waals surface area (Å²) in [6.45, 7) is 9.18. The molecule has 114 valence electrons. The van der Waals surface area contributed by atoms with Crippen molar-refractivity contribution in [3.8, 4) is 0 Å². The summed E-state index contributed by atoms with van der Waals surface area (Å²) in [4.78, 5) is 26.6. The first kappa shape index (κ1) is 15.3. The summed E-state index contributed by atoms with van der Waals surface area (Å²) in [5, 5.41) is 2.86. The number of hydrogen-bond acceptors (Lipinski definition) is 3. The second-order valence-electron chi connectivity index (χ2n) is 6.44. The lowest BCUT2D eigenvalue weighted by Crippen LogP contribution is -2.60. The van der Waals surface area contributed by atoms with E-state index in [-0.39, 0.29) is 41.9 Å². The van der Waals surface area contributed by atoms with Gasteiger partial charge in [0, 0.05) is 19.0 Å². The summed E-state index contributed by atoms with van der Waals surface area (Å²) in [5.74, 6) is 0.225. The van der Waals surface area contributed by atoms with Crippen LogP contribution in [0.25, 0.3) is 0 Å². The minimum Gasteiger partial charge on any atom is -0.376 e. The zero-order valence-electron chi connectivity index (χ0n) is 12.9. The maximum Gasteiger partial charge on any atom is 0.243 e. The van der Waals surface area contributed by atoms with Crippen molar-refractivity contribution in [3.63, 3.8) is 0 Å². The van der Waals surface area contributed by atoms with Crippen molar-refractivity contribution < 1.29 is 14.3 Å². The predicted molar refractivity (Wildman–Crippen MR) is 76.1 cm³/mol. The Morgan fingerprint density at radius 3 is 2.45 bits per heavy atom. The van der Waals surface area contributed by atoms with Crippen molar-refractivity contribution in [2.24, 2.45) is 11.8 Å². The zero-order chi connectivity index (χ0) is 14.9. The highest BCUT2D eigenvalue weighted by molar-refractivity contribution is 5.89. The van der Waals surface area contributed by atoms with Crippen LogP contribution in [0.15, 0.2) is 0 Å². The Bertz CT molecular complexity index is 373. The Morgan fingerprint density at radius 1 is 1.30 bits per heavy atom. The van der Waals surface area contributed by atoms with Crippen molar-refractivity contribution in [1.29, 1.82) is 0 Å². The lowest BCUT2D eigenvalue weighted by atomic mass is 9.89. The molecule has 2 amide bonds. The summed E-state index contributed by atoms with van der Waals surface area (Å²) in [7, 11) is 0. The van der Waals surface area contributed by atoms with Gasteiger partial charge in [0.05, 0.1) is 12.2 Å². The van der Waals surface area contributed by atoms with E-state index in [2.05, 4.69) is 5.32 Å². The molecule has 2 aliphatic rings. The summed E-state index contributed by atoms with van der Waals surface area (Å²) in [5.41, 5.74) is 0. The Morgan fingerprint density at radius 2 is 1.90 bits per heavy atom. The van der Waals surface area contributed by atoms with E-state index in [1.54, 1.807) is 4.90 Å². The first-order valence-electron chi connectivity index (χ1n) is 7.63. The number of carbonyl (C=O) groups is 2. The first-order valence-corrected chi connectivity index (χ1v) is 7.63. The average molecular weight is 282 g/mol. The quantitative estimate of drug-likeness (QED) is 0.827. The summed E-state index contributed by atoms with van der Waals surface area (Å²) in [6.07, 6.45) is 1.74. The monoisotopic (exact) mass is 282 g/mol. The van der Waals surface area contributed by atoms with Crippen LogP contribution in [0.1, 0.15) is 40.5 Å².